The van der Waals surface area contributed by atoms with Crippen LogP contribution in [0.15, 0.2) is 28.6 Å². The van der Waals surface area contributed by atoms with E-state index in [1.54, 1.807) is 11.8 Å². The Balaban J connectivity index is 1.27. The summed E-state index contributed by atoms with van der Waals surface area (Å²) in [6, 6.07) is 8.30. The smallest absolute Gasteiger partial charge is 0.234 e. The molecule has 1 aliphatic heterocycles. The lowest BCUT2D eigenvalue weighted by Gasteiger charge is -2.28. The Morgan fingerprint density at radius 3 is 2.55 bits per heavy atom. The number of nitrogens with one attached hydrogen (secondary N) is 1. The first-order chi connectivity index (χ1) is 14.1. The van der Waals surface area contributed by atoms with Crippen LogP contribution < -0.4 is 15.1 Å². The topological polar surface area (TPSA) is 78.4 Å². The fourth-order valence-corrected chi connectivity index (χ4v) is 5.23. The Hall–Kier alpha value is -2.13. The zero-order valence-corrected chi connectivity index (χ0v) is 18.1. The van der Waals surface area contributed by atoms with Crippen molar-refractivity contribution in [3.05, 3.63) is 24.3 Å². The number of thioether (sulfide) groups is 1. The zero-order chi connectivity index (χ0) is 20.2. The van der Waals surface area contributed by atoms with Gasteiger partial charge >= 0.3 is 0 Å². The number of carbonyl (C=O) groups excluding carboxylic acids is 2. The third kappa shape index (κ3) is 5.27. The van der Waals surface area contributed by atoms with E-state index in [2.05, 4.69) is 32.5 Å². The fraction of sp³-hybridized carbons (Fsp3) is 0.500. The molecule has 1 aromatic carbocycles. The first kappa shape index (κ1) is 20.2. The summed E-state index contributed by atoms with van der Waals surface area (Å²) in [5.41, 5.74) is 2.01. The van der Waals surface area contributed by atoms with Crippen LogP contribution in [0.4, 0.5) is 16.5 Å². The van der Waals surface area contributed by atoms with Gasteiger partial charge in [-0.2, -0.15) is 0 Å². The summed E-state index contributed by atoms with van der Waals surface area (Å²) in [6.07, 6.45) is 5.83. The Labute approximate surface area is 178 Å². The van der Waals surface area contributed by atoms with Crippen LogP contribution in [0.2, 0.25) is 0 Å². The zero-order valence-electron chi connectivity index (χ0n) is 16.5. The van der Waals surface area contributed by atoms with Crippen molar-refractivity contribution < 1.29 is 9.59 Å². The summed E-state index contributed by atoms with van der Waals surface area (Å²) in [4.78, 5) is 28.2. The van der Waals surface area contributed by atoms with E-state index in [0.29, 0.717) is 9.47 Å². The molecule has 154 valence electrons. The monoisotopic (exact) mass is 431 g/mol. The number of rotatable bonds is 7. The Morgan fingerprint density at radius 2 is 1.90 bits per heavy atom. The highest BCUT2D eigenvalue weighted by molar-refractivity contribution is 8.01. The molecule has 1 saturated carbocycles. The van der Waals surface area contributed by atoms with Crippen molar-refractivity contribution >= 4 is 51.4 Å². The minimum absolute atomic E-state index is 0.00839. The van der Waals surface area contributed by atoms with E-state index >= 15 is 0 Å². The van der Waals surface area contributed by atoms with Gasteiger partial charge in [0.2, 0.25) is 16.9 Å². The van der Waals surface area contributed by atoms with Crippen molar-refractivity contribution in [2.75, 3.05) is 34.0 Å². The van der Waals surface area contributed by atoms with E-state index in [4.69, 9.17) is 0 Å². The highest BCUT2D eigenvalue weighted by atomic mass is 32.2. The van der Waals surface area contributed by atoms with Crippen molar-refractivity contribution in [1.82, 2.24) is 10.2 Å². The summed E-state index contributed by atoms with van der Waals surface area (Å²) in [7, 11) is 0. The van der Waals surface area contributed by atoms with E-state index in [9.17, 15) is 9.59 Å². The molecule has 7 nitrogen and oxygen atoms in total. The molecule has 0 unspecified atom stereocenters. The Bertz CT molecular complexity index is 860. The number of piperidine rings is 1. The minimum Gasteiger partial charge on any atom is -0.372 e. The third-order valence-corrected chi connectivity index (χ3v) is 7.11. The normalized spacial score (nSPS) is 16.5. The van der Waals surface area contributed by atoms with Gasteiger partial charge in [0.25, 0.3) is 0 Å². The van der Waals surface area contributed by atoms with Gasteiger partial charge in [-0.3, -0.25) is 14.5 Å². The number of nitrogens with zero attached hydrogens (tertiary/aromatic N) is 4. The molecule has 1 aromatic heterocycles. The standard InChI is InChI=1S/C20H25N5O2S2/c1-14(26)25(17-9-10-17)19-22-23-20(29-19)28-13-18(27)21-15-5-7-16(8-6-15)24-11-3-2-4-12-24/h5-8,17H,2-4,9-13H2,1H3,(H,21,27). The summed E-state index contributed by atoms with van der Waals surface area (Å²) < 4.78 is 0.697. The SMILES string of the molecule is CC(=O)N(c1nnc(SCC(=O)Nc2ccc(N3CCCCC3)cc2)s1)C1CC1. The van der Waals surface area contributed by atoms with Crippen LogP contribution in [0.5, 0.6) is 0 Å². The molecule has 4 rings (SSSR count). The number of aromatic nitrogens is 2. The van der Waals surface area contributed by atoms with Gasteiger partial charge in [0.05, 0.1) is 5.75 Å². The molecule has 0 spiro atoms. The molecule has 2 fully saturated rings. The lowest BCUT2D eigenvalue weighted by atomic mass is 10.1. The van der Waals surface area contributed by atoms with Crippen molar-refractivity contribution in [3.8, 4) is 0 Å². The highest BCUT2D eigenvalue weighted by Gasteiger charge is 2.34. The van der Waals surface area contributed by atoms with Gasteiger partial charge in [-0.1, -0.05) is 23.1 Å². The minimum atomic E-state index is -0.0805. The van der Waals surface area contributed by atoms with Gasteiger partial charge in [0.1, 0.15) is 0 Å². The number of hydrogen-bond donors (Lipinski definition) is 1. The molecular formula is C20H25N5O2S2. The van der Waals surface area contributed by atoms with Crippen molar-refractivity contribution in [2.24, 2.45) is 0 Å². The van der Waals surface area contributed by atoms with Gasteiger partial charge in [0, 0.05) is 37.4 Å². The van der Waals surface area contributed by atoms with E-state index in [0.717, 1.165) is 31.6 Å². The number of carbonyl (C=O) groups is 2. The molecule has 0 atom stereocenters. The summed E-state index contributed by atoms with van der Waals surface area (Å²) in [5.74, 6) is 0.167. The molecule has 1 aliphatic carbocycles. The third-order valence-electron chi connectivity index (χ3n) is 5.05. The second kappa shape index (κ2) is 9.13. The van der Waals surface area contributed by atoms with Gasteiger partial charge in [-0.05, 0) is 56.4 Å². The van der Waals surface area contributed by atoms with Gasteiger partial charge in [-0.25, -0.2) is 0 Å². The molecule has 29 heavy (non-hydrogen) atoms. The maximum absolute atomic E-state index is 12.3. The van der Waals surface area contributed by atoms with E-state index in [1.807, 2.05) is 12.1 Å². The molecule has 2 heterocycles. The fourth-order valence-electron chi connectivity index (χ4n) is 3.47. The molecule has 2 aromatic rings. The maximum Gasteiger partial charge on any atom is 0.234 e. The van der Waals surface area contributed by atoms with Crippen LogP contribution in [0.25, 0.3) is 0 Å². The van der Waals surface area contributed by atoms with Crippen molar-refractivity contribution in [1.29, 1.82) is 0 Å². The van der Waals surface area contributed by atoms with Crippen LogP contribution in [0.1, 0.15) is 39.0 Å². The van der Waals surface area contributed by atoms with E-state index in [1.165, 1.54) is 48.0 Å². The van der Waals surface area contributed by atoms with Crippen molar-refractivity contribution in [3.63, 3.8) is 0 Å². The quantitative estimate of drug-likeness (QED) is 0.531. The predicted octanol–water partition coefficient (Wildman–Crippen LogP) is 3.77. The summed E-state index contributed by atoms with van der Waals surface area (Å²) in [6.45, 7) is 3.76. The van der Waals surface area contributed by atoms with Crippen LogP contribution in [-0.4, -0.2) is 46.9 Å². The molecule has 0 radical (unpaired) electrons. The average Bonchev–Trinajstić information content (AvgIpc) is 3.44. The Morgan fingerprint density at radius 1 is 1.17 bits per heavy atom. The molecule has 1 saturated heterocycles. The first-order valence-electron chi connectivity index (χ1n) is 10.0. The molecule has 2 amide bonds. The van der Waals surface area contributed by atoms with E-state index in [-0.39, 0.29) is 23.6 Å². The summed E-state index contributed by atoms with van der Waals surface area (Å²) in [5, 5.41) is 11.8. The van der Waals surface area contributed by atoms with Crippen LogP contribution >= 0.6 is 23.1 Å². The predicted molar refractivity (Wildman–Crippen MR) is 118 cm³/mol. The van der Waals surface area contributed by atoms with E-state index < -0.39 is 0 Å². The van der Waals surface area contributed by atoms with Crippen LogP contribution in [0, 0.1) is 0 Å². The lowest BCUT2D eigenvalue weighted by molar-refractivity contribution is -0.116. The van der Waals surface area contributed by atoms with Crippen molar-refractivity contribution in [2.45, 2.75) is 49.4 Å². The highest BCUT2D eigenvalue weighted by Crippen LogP contribution is 2.35. The number of benzene rings is 1. The molecule has 0 bridgehead atoms. The average molecular weight is 432 g/mol. The first-order valence-corrected chi connectivity index (χ1v) is 11.8. The number of amides is 2. The number of hydrogen-bond acceptors (Lipinski definition) is 7. The molecular weight excluding hydrogens is 406 g/mol. The van der Waals surface area contributed by atoms with Gasteiger partial charge in [0.15, 0.2) is 4.34 Å². The Kier molecular flexibility index (Phi) is 6.34. The van der Waals surface area contributed by atoms with Crippen LogP contribution in [0.3, 0.4) is 0 Å². The second-order valence-corrected chi connectivity index (χ2v) is 9.58. The largest absolute Gasteiger partial charge is 0.372 e. The molecule has 9 heteroatoms. The number of anilines is 3. The van der Waals surface area contributed by atoms with Gasteiger partial charge < -0.3 is 10.2 Å². The van der Waals surface area contributed by atoms with Gasteiger partial charge in [-0.15, -0.1) is 10.2 Å². The van der Waals surface area contributed by atoms with Crippen LogP contribution in [-0.2, 0) is 9.59 Å². The summed E-state index contributed by atoms with van der Waals surface area (Å²) >= 11 is 2.71. The lowest BCUT2D eigenvalue weighted by Crippen LogP contribution is -2.30. The maximum atomic E-state index is 12.3. The second-order valence-electron chi connectivity index (χ2n) is 7.40. The molecule has 1 N–H and O–H groups in total. The molecule has 2 aliphatic rings.